The number of hydrogen-bond donors (Lipinski definition) is 2. The third kappa shape index (κ3) is 5.47. The first-order valence-corrected chi connectivity index (χ1v) is 9.36. The first kappa shape index (κ1) is 21.7. The summed E-state index contributed by atoms with van der Waals surface area (Å²) in [4.78, 5) is 28.5. The minimum Gasteiger partial charge on any atom is -0.378 e. The molecule has 0 saturated carbocycles. The SMILES string of the molecule is Cc1c(Cl)cccc1NC(=O)C(=O)NC[C@@H](c1ccc(N(C)C)cc1)N(C)C. The second-order valence-electron chi connectivity index (χ2n) is 7.04. The van der Waals surface area contributed by atoms with Gasteiger partial charge in [0, 0.05) is 37.0 Å². The Kier molecular flexibility index (Phi) is 7.43. The van der Waals surface area contributed by atoms with Gasteiger partial charge >= 0.3 is 11.8 Å². The van der Waals surface area contributed by atoms with Crippen molar-refractivity contribution in [1.82, 2.24) is 10.2 Å². The highest BCUT2D eigenvalue weighted by molar-refractivity contribution is 6.40. The number of anilines is 2. The fraction of sp³-hybridized carbons (Fsp3) is 0.333. The van der Waals surface area contributed by atoms with Crippen LogP contribution in [-0.2, 0) is 9.59 Å². The van der Waals surface area contributed by atoms with Crippen LogP contribution in [0.4, 0.5) is 11.4 Å². The summed E-state index contributed by atoms with van der Waals surface area (Å²) in [7, 11) is 7.84. The van der Waals surface area contributed by atoms with Crippen molar-refractivity contribution < 1.29 is 9.59 Å². The number of nitrogens with one attached hydrogen (secondary N) is 2. The number of benzene rings is 2. The molecule has 1 atom stereocenters. The lowest BCUT2D eigenvalue weighted by atomic mass is 10.1. The molecule has 0 aliphatic heterocycles. The Morgan fingerprint density at radius 1 is 1.00 bits per heavy atom. The van der Waals surface area contributed by atoms with E-state index in [0.717, 1.165) is 16.8 Å². The van der Waals surface area contributed by atoms with Crippen LogP contribution in [0.15, 0.2) is 42.5 Å². The topological polar surface area (TPSA) is 64.7 Å². The number of carbonyl (C=O) groups is 2. The molecule has 2 N–H and O–H groups in total. The third-order valence-corrected chi connectivity index (χ3v) is 5.01. The number of halogens is 1. The third-order valence-electron chi connectivity index (χ3n) is 4.60. The van der Waals surface area contributed by atoms with E-state index in [-0.39, 0.29) is 6.04 Å². The van der Waals surface area contributed by atoms with E-state index in [1.165, 1.54) is 0 Å². The van der Waals surface area contributed by atoms with Crippen molar-refractivity contribution in [1.29, 1.82) is 0 Å². The Balaban J connectivity index is 2.01. The van der Waals surface area contributed by atoms with Gasteiger partial charge < -0.3 is 20.4 Å². The normalized spacial score (nSPS) is 11.8. The molecule has 2 rings (SSSR count). The highest BCUT2D eigenvalue weighted by Gasteiger charge is 2.19. The summed E-state index contributed by atoms with van der Waals surface area (Å²) < 4.78 is 0. The quantitative estimate of drug-likeness (QED) is 0.729. The van der Waals surface area contributed by atoms with Crippen LogP contribution < -0.4 is 15.5 Å². The average Bonchev–Trinajstić information content (AvgIpc) is 2.65. The summed E-state index contributed by atoms with van der Waals surface area (Å²) in [5.41, 5.74) is 3.40. The monoisotopic (exact) mass is 402 g/mol. The molecule has 2 aromatic carbocycles. The number of hydrogen-bond acceptors (Lipinski definition) is 4. The number of nitrogens with zero attached hydrogens (tertiary/aromatic N) is 2. The lowest BCUT2D eigenvalue weighted by Gasteiger charge is -2.25. The predicted octanol–water partition coefficient (Wildman–Crippen LogP) is 3.07. The maximum Gasteiger partial charge on any atom is 0.313 e. The molecule has 0 heterocycles. The molecular formula is C21H27ClN4O2. The van der Waals surface area contributed by atoms with Gasteiger partial charge in [-0.25, -0.2) is 0 Å². The molecule has 0 unspecified atom stereocenters. The summed E-state index contributed by atoms with van der Waals surface area (Å²) >= 11 is 6.05. The molecule has 2 amide bonds. The Bertz CT molecular complexity index is 835. The molecule has 0 spiro atoms. The van der Waals surface area contributed by atoms with E-state index in [1.54, 1.807) is 25.1 Å². The molecule has 0 fully saturated rings. The molecule has 150 valence electrons. The van der Waals surface area contributed by atoms with E-state index in [0.29, 0.717) is 17.3 Å². The molecule has 7 heteroatoms. The lowest BCUT2D eigenvalue weighted by molar-refractivity contribution is -0.136. The average molecular weight is 403 g/mol. The summed E-state index contributed by atoms with van der Waals surface area (Å²) in [6, 6.07) is 13.2. The largest absolute Gasteiger partial charge is 0.378 e. The standard InChI is InChI=1S/C21H27ClN4O2/c1-14-17(22)7-6-8-18(14)24-21(28)20(27)23-13-19(26(4)5)15-9-11-16(12-10-15)25(2)3/h6-12,19H,13H2,1-5H3,(H,23,27)(H,24,28)/t19-/m0/s1. The molecule has 0 saturated heterocycles. The van der Waals surface area contributed by atoms with E-state index in [1.807, 2.05) is 62.3 Å². The van der Waals surface area contributed by atoms with Crippen LogP contribution in [0.5, 0.6) is 0 Å². The maximum atomic E-state index is 12.3. The van der Waals surface area contributed by atoms with E-state index in [9.17, 15) is 9.59 Å². The van der Waals surface area contributed by atoms with Gasteiger partial charge in [-0.15, -0.1) is 0 Å². The Hall–Kier alpha value is -2.57. The first-order chi connectivity index (χ1) is 13.2. The summed E-state index contributed by atoms with van der Waals surface area (Å²) in [5, 5.41) is 5.86. The van der Waals surface area contributed by atoms with Gasteiger partial charge in [-0.1, -0.05) is 29.8 Å². The van der Waals surface area contributed by atoms with E-state index >= 15 is 0 Å². The van der Waals surface area contributed by atoms with Crippen molar-refractivity contribution in [2.75, 3.05) is 45.0 Å². The van der Waals surface area contributed by atoms with Crippen LogP contribution in [0.25, 0.3) is 0 Å². The summed E-state index contributed by atoms with van der Waals surface area (Å²) in [6.45, 7) is 2.10. The molecule has 28 heavy (non-hydrogen) atoms. The lowest BCUT2D eigenvalue weighted by Crippen LogP contribution is -2.40. The predicted molar refractivity (Wildman–Crippen MR) is 115 cm³/mol. The fourth-order valence-corrected chi connectivity index (χ4v) is 2.96. The molecule has 0 bridgehead atoms. The van der Waals surface area contributed by atoms with Gasteiger partial charge in [-0.2, -0.15) is 0 Å². The number of amides is 2. The summed E-state index contributed by atoms with van der Waals surface area (Å²) in [6.07, 6.45) is 0. The van der Waals surface area contributed by atoms with Gasteiger partial charge in [-0.3, -0.25) is 9.59 Å². The second kappa shape index (κ2) is 9.57. The number of carbonyl (C=O) groups excluding carboxylic acids is 2. The van der Waals surface area contributed by atoms with E-state index < -0.39 is 11.8 Å². The van der Waals surface area contributed by atoms with Crippen molar-refractivity contribution in [3.8, 4) is 0 Å². The zero-order chi connectivity index (χ0) is 20.8. The van der Waals surface area contributed by atoms with Gasteiger partial charge in [0.15, 0.2) is 0 Å². The number of rotatable bonds is 6. The van der Waals surface area contributed by atoms with Gasteiger partial charge in [-0.05, 0) is 56.4 Å². The smallest absolute Gasteiger partial charge is 0.313 e. The van der Waals surface area contributed by atoms with Crippen LogP contribution in [0.2, 0.25) is 5.02 Å². The molecular weight excluding hydrogens is 376 g/mol. The summed E-state index contributed by atoms with van der Waals surface area (Å²) in [5.74, 6) is -1.40. The van der Waals surface area contributed by atoms with Crippen LogP contribution in [0.3, 0.4) is 0 Å². The highest BCUT2D eigenvalue weighted by Crippen LogP contribution is 2.23. The van der Waals surface area contributed by atoms with Crippen LogP contribution in [0.1, 0.15) is 17.2 Å². The zero-order valence-corrected chi connectivity index (χ0v) is 17.7. The van der Waals surface area contributed by atoms with Gasteiger partial charge in [0.25, 0.3) is 0 Å². The molecule has 0 aliphatic rings. The number of likely N-dealkylation sites (N-methyl/N-ethyl adjacent to an activating group) is 1. The van der Waals surface area contributed by atoms with Gasteiger partial charge in [0.2, 0.25) is 0 Å². The first-order valence-electron chi connectivity index (χ1n) is 8.98. The molecule has 0 aromatic heterocycles. The van der Waals surface area contributed by atoms with Crippen LogP contribution >= 0.6 is 11.6 Å². The van der Waals surface area contributed by atoms with Crippen molar-refractivity contribution >= 4 is 34.8 Å². The van der Waals surface area contributed by atoms with Crippen molar-refractivity contribution in [3.05, 3.63) is 58.6 Å². The fourth-order valence-electron chi connectivity index (χ4n) is 2.78. The minimum absolute atomic E-state index is 0.0548. The minimum atomic E-state index is -0.717. The Labute approximate surface area is 171 Å². The van der Waals surface area contributed by atoms with Crippen molar-refractivity contribution in [2.45, 2.75) is 13.0 Å². The molecule has 0 aliphatic carbocycles. The Morgan fingerprint density at radius 3 is 2.21 bits per heavy atom. The van der Waals surface area contributed by atoms with E-state index in [4.69, 9.17) is 11.6 Å². The Morgan fingerprint density at radius 2 is 1.64 bits per heavy atom. The van der Waals surface area contributed by atoms with E-state index in [2.05, 4.69) is 10.6 Å². The molecule has 2 aromatic rings. The van der Waals surface area contributed by atoms with Crippen LogP contribution in [-0.4, -0.2) is 51.4 Å². The van der Waals surface area contributed by atoms with Gasteiger partial charge in [0.05, 0.1) is 6.04 Å². The van der Waals surface area contributed by atoms with Crippen molar-refractivity contribution in [3.63, 3.8) is 0 Å². The van der Waals surface area contributed by atoms with Crippen molar-refractivity contribution in [2.24, 2.45) is 0 Å². The second-order valence-corrected chi connectivity index (χ2v) is 7.45. The van der Waals surface area contributed by atoms with Gasteiger partial charge in [0.1, 0.15) is 0 Å². The molecule has 0 radical (unpaired) electrons. The van der Waals surface area contributed by atoms with Crippen LogP contribution in [0, 0.1) is 6.92 Å². The highest BCUT2D eigenvalue weighted by atomic mass is 35.5. The maximum absolute atomic E-state index is 12.3. The zero-order valence-electron chi connectivity index (χ0n) is 16.9. The molecule has 6 nitrogen and oxygen atoms in total.